The molecule has 1 aliphatic rings. The molecule has 1 heterocycles. The zero-order chi connectivity index (χ0) is 11.1. The fourth-order valence-corrected chi connectivity index (χ4v) is 3.57. The van der Waals surface area contributed by atoms with Crippen molar-refractivity contribution in [2.75, 3.05) is 13.1 Å². The van der Waals surface area contributed by atoms with E-state index in [1.165, 1.54) is 58.0 Å². The van der Waals surface area contributed by atoms with E-state index in [-0.39, 0.29) is 0 Å². The van der Waals surface area contributed by atoms with Gasteiger partial charge in [-0.3, -0.25) is 0 Å². The van der Waals surface area contributed by atoms with Crippen molar-refractivity contribution in [2.45, 2.75) is 65.7 Å². The van der Waals surface area contributed by atoms with E-state index in [1.807, 2.05) is 0 Å². The van der Waals surface area contributed by atoms with Gasteiger partial charge in [0.2, 0.25) is 0 Å². The average Bonchev–Trinajstić information content (AvgIpc) is 2.23. The van der Waals surface area contributed by atoms with E-state index in [0.717, 1.165) is 5.92 Å². The van der Waals surface area contributed by atoms with Crippen molar-refractivity contribution in [3.63, 3.8) is 0 Å². The first kappa shape index (κ1) is 13.0. The lowest BCUT2D eigenvalue weighted by molar-refractivity contribution is 0.0747. The molecule has 0 aliphatic carbocycles. The van der Waals surface area contributed by atoms with Crippen LogP contribution in [0.4, 0.5) is 0 Å². The van der Waals surface area contributed by atoms with Crippen LogP contribution < -0.4 is 5.32 Å². The van der Waals surface area contributed by atoms with E-state index in [4.69, 9.17) is 0 Å². The minimum absolute atomic E-state index is 0.685. The van der Waals surface area contributed by atoms with Crippen LogP contribution in [0, 0.1) is 11.3 Å². The molecule has 0 aromatic heterocycles. The number of hydrogen-bond donors (Lipinski definition) is 1. The van der Waals surface area contributed by atoms with Gasteiger partial charge in [0.1, 0.15) is 0 Å². The van der Waals surface area contributed by atoms with E-state index >= 15 is 0 Å². The Morgan fingerprint density at radius 1 is 1.07 bits per heavy atom. The van der Waals surface area contributed by atoms with E-state index in [9.17, 15) is 0 Å². The number of piperidine rings is 1. The lowest BCUT2D eigenvalue weighted by Gasteiger charge is -2.45. The van der Waals surface area contributed by atoms with Gasteiger partial charge >= 0.3 is 0 Å². The van der Waals surface area contributed by atoms with Gasteiger partial charge in [-0.05, 0) is 50.1 Å². The van der Waals surface area contributed by atoms with Crippen LogP contribution in [0.15, 0.2) is 0 Å². The predicted octanol–water partition coefficient (Wildman–Crippen LogP) is 3.98. The zero-order valence-electron chi connectivity index (χ0n) is 10.9. The van der Waals surface area contributed by atoms with E-state index < -0.39 is 0 Å². The summed E-state index contributed by atoms with van der Waals surface area (Å²) >= 11 is 0. The third-order valence-electron chi connectivity index (χ3n) is 4.19. The quantitative estimate of drug-likeness (QED) is 0.700. The molecular weight excluding hydrogens is 182 g/mol. The molecule has 1 aliphatic heterocycles. The fourth-order valence-electron chi connectivity index (χ4n) is 3.57. The highest BCUT2D eigenvalue weighted by Crippen LogP contribution is 2.44. The van der Waals surface area contributed by atoms with Crippen molar-refractivity contribution in [3.05, 3.63) is 0 Å². The van der Waals surface area contributed by atoms with Crippen molar-refractivity contribution < 1.29 is 0 Å². The SMILES string of the molecule is CCCC1CNCCC1(CCC)CCC. The third kappa shape index (κ3) is 3.21. The Labute approximate surface area is 96.0 Å². The molecule has 1 saturated heterocycles. The number of rotatable bonds is 6. The molecule has 0 radical (unpaired) electrons. The van der Waals surface area contributed by atoms with Gasteiger partial charge in [0.05, 0.1) is 0 Å². The van der Waals surface area contributed by atoms with Gasteiger partial charge in [-0.15, -0.1) is 0 Å². The second kappa shape index (κ2) is 6.52. The van der Waals surface area contributed by atoms with Crippen LogP contribution in [-0.4, -0.2) is 13.1 Å². The standard InChI is InChI=1S/C14H29N/c1-4-7-13-12-15-11-10-14(13,8-5-2)9-6-3/h13,15H,4-12H2,1-3H3. The first-order valence-corrected chi connectivity index (χ1v) is 6.99. The Morgan fingerprint density at radius 2 is 1.73 bits per heavy atom. The van der Waals surface area contributed by atoms with Crippen molar-refractivity contribution in [3.8, 4) is 0 Å². The first-order valence-electron chi connectivity index (χ1n) is 6.99. The van der Waals surface area contributed by atoms with Gasteiger partial charge in [0.25, 0.3) is 0 Å². The molecule has 15 heavy (non-hydrogen) atoms. The summed E-state index contributed by atoms with van der Waals surface area (Å²) in [5.74, 6) is 0.941. The molecule has 1 rings (SSSR count). The van der Waals surface area contributed by atoms with Crippen LogP contribution in [-0.2, 0) is 0 Å². The Balaban J connectivity index is 2.68. The smallest absolute Gasteiger partial charge is 0.00152 e. The zero-order valence-corrected chi connectivity index (χ0v) is 10.9. The second-order valence-electron chi connectivity index (χ2n) is 5.30. The molecule has 0 aromatic carbocycles. The molecule has 1 unspecified atom stereocenters. The van der Waals surface area contributed by atoms with E-state index in [1.54, 1.807) is 0 Å². The van der Waals surface area contributed by atoms with Crippen molar-refractivity contribution in [2.24, 2.45) is 11.3 Å². The summed E-state index contributed by atoms with van der Waals surface area (Å²) in [6.45, 7) is 9.55. The predicted molar refractivity (Wildman–Crippen MR) is 68.1 cm³/mol. The van der Waals surface area contributed by atoms with Crippen LogP contribution in [0.25, 0.3) is 0 Å². The first-order chi connectivity index (χ1) is 7.29. The molecule has 0 spiro atoms. The average molecular weight is 211 g/mol. The summed E-state index contributed by atoms with van der Waals surface area (Å²) in [4.78, 5) is 0. The maximum atomic E-state index is 3.59. The highest BCUT2D eigenvalue weighted by Gasteiger charge is 2.38. The fraction of sp³-hybridized carbons (Fsp3) is 1.00. The monoisotopic (exact) mass is 211 g/mol. The number of nitrogens with one attached hydrogen (secondary N) is 1. The summed E-state index contributed by atoms with van der Waals surface area (Å²) in [5.41, 5.74) is 0.685. The molecule has 1 nitrogen and oxygen atoms in total. The van der Waals surface area contributed by atoms with E-state index in [0.29, 0.717) is 5.41 Å². The van der Waals surface area contributed by atoms with E-state index in [2.05, 4.69) is 26.1 Å². The van der Waals surface area contributed by atoms with Crippen LogP contribution in [0.5, 0.6) is 0 Å². The highest BCUT2D eigenvalue weighted by molar-refractivity contribution is 4.90. The number of hydrogen-bond acceptors (Lipinski definition) is 1. The summed E-state index contributed by atoms with van der Waals surface area (Å²) < 4.78 is 0. The van der Waals surface area contributed by atoms with Gasteiger partial charge in [-0.2, -0.15) is 0 Å². The van der Waals surface area contributed by atoms with Gasteiger partial charge < -0.3 is 5.32 Å². The summed E-state index contributed by atoms with van der Waals surface area (Å²) in [6, 6.07) is 0. The molecule has 0 bridgehead atoms. The largest absolute Gasteiger partial charge is 0.316 e. The Bertz CT molecular complexity index is 151. The molecule has 1 fully saturated rings. The Morgan fingerprint density at radius 3 is 2.27 bits per heavy atom. The van der Waals surface area contributed by atoms with Gasteiger partial charge in [0.15, 0.2) is 0 Å². The topological polar surface area (TPSA) is 12.0 Å². The van der Waals surface area contributed by atoms with Gasteiger partial charge in [-0.1, -0.05) is 40.0 Å². The minimum atomic E-state index is 0.685. The second-order valence-corrected chi connectivity index (χ2v) is 5.30. The van der Waals surface area contributed by atoms with Crippen LogP contribution in [0.3, 0.4) is 0 Å². The van der Waals surface area contributed by atoms with Crippen molar-refractivity contribution in [1.29, 1.82) is 0 Å². The third-order valence-corrected chi connectivity index (χ3v) is 4.19. The lowest BCUT2D eigenvalue weighted by Crippen LogP contribution is -2.45. The molecule has 1 atom stereocenters. The van der Waals surface area contributed by atoms with Crippen LogP contribution >= 0.6 is 0 Å². The summed E-state index contributed by atoms with van der Waals surface area (Å²) in [7, 11) is 0. The lowest BCUT2D eigenvalue weighted by atomic mass is 9.64. The molecule has 1 N–H and O–H groups in total. The molecule has 0 saturated carbocycles. The van der Waals surface area contributed by atoms with Crippen molar-refractivity contribution in [1.82, 2.24) is 5.32 Å². The maximum absolute atomic E-state index is 3.59. The Kier molecular flexibility index (Phi) is 5.66. The summed E-state index contributed by atoms with van der Waals surface area (Å²) in [5, 5.41) is 3.59. The normalized spacial score (nSPS) is 25.4. The van der Waals surface area contributed by atoms with Gasteiger partial charge in [-0.25, -0.2) is 0 Å². The van der Waals surface area contributed by atoms with Crippen LogP contribution in [0.1, 0.15) is 65.7 Å². The Hall–Kier alpha value is -0.0400. The van der Waals surface area contributed by atoms with Crippen molar-refractivity contribution >= 4 is 0 Å². The van der Waals surface area contributed by atoms with Crippen LogP contribution in [0.2, 0.25) is 0 Å². The maximum Gasteiger partial charge on any atom is -0.00152 e. The molecular formula is C14H29N. The minimum Gasteiger partial charge on any atom is -0.316 e. The highest BCUT2D eigenvalue weighted by atomic mass is 14.9. The molecule has 1 heteroatoms. The molecule has 0 amide bonds. The van der Waals surface area contributed by atoms with Gasteiger partial charge in [0, 0.05) is 0 Å². The molecule has 90 valence electrons. The molecule has 0 aromatic rings. The summed E-state index contributed by atoms with van der Waals surface area (Å²) in [6.07, 6.45) is 9.81.